The molecule has 0 aromatic heterocycles. The molecule has 0 aliphatic heterocycles. The van der Waals surface area contributed by atoms with Gasteiger partial charge in [-0.25, -0.2) is 0 Å². The molecule has 0 bridgehead atoms. The van der Waals surface area contributed by atoms with Crippen LogP contribution in [0, 0.1) is 5.92 Å². The zero-order valence-corrected chi connectivity index (χ0v) is 13.2. The van der Waals surface area contributed by atoms with E-state index in [1.54, 1.807) is 0 Å². The van der Waals surface area contributed by atoms with Gasteiger partial charge >= 0.3 is 0 Å². The average Bonchev–Trinajstić information content (AvgIpc) is 2.44. The molecular formula is C17H30N2. The molecule has 0 aliphatic carbocycles. The Labute approximate surface area is 119 Å². The van der Waals surface area contributed by atoms with Crippen molar-refractivity contribution in [3.8, 4) is 0 Å². The molecule has 3 atom stereocenters. The van der Waals surface area contributed by atoms with Crippen molar-refractivity contribution in [3.05, 3.63) is 35.9 Å². The minimum absolute atomic E-state index is 0.403. The lowest BCUT2D eigenvalue weighted by Gasteiger charge is -2.34. The molecule has 108 valence electrons. The molecule has 1 aromatic rings. The molecule has 19 heavy (non-hydrogen) atoms. The van der Waals surface area contributed by atoms with Crippen LogP contribution in [0.15, 0.2) is 30.3 Å². The first-order chi connectivity index (χ1) is 9.10. The highest BCUT2D eigenvalue weighted by Crippen LogP contribution is 2.21. The molecule has 3 unspecified atom stereocenters. The van der Waals surface area contributed by atoms with Gasteiger partial charge in [-0.2, -0.15) is 0 Å². The molecule has 0 fully saturated rings. The Kier molecular flexibility index (Phi) is 7.11. The van der Waals surface area contributed by atoms with Gasteiger partial charge in [-0.05, 0) is 32.0 Å². The third-order valence-electron chi connectivity index (χ3n) is 4.06. The Hall–Kier alpha value is -0.860. The Balaban J connectivity index is 2.75. The fourth-order valence-electron chi connectivity index (χ4n) is 2.49. The van der Waals surface area contributed by atoms with E-state index >= 15 is 0 Å². The highest BCUT2D eigenvalue weighted by atomic mass is 15.2. The topological polar surface area (TPSA) is 15.3 Å². The van der Waals surface area contributed by atoms with E-state index in [-0.39, 0.29) is 0 Å². The van der Waals surface area contributed by atoms with E-state index in [0.717, 1.165) is 19.0 Å². The second-order valence-corrected chi connectivity index (χ2v) is 5.64. The summed E-state index contributed by atoms with van der Waals surface area (Å²) in [6.45, 7) is 11.3. The van der Waals surface area contributed by atoms with Crippen LogP contribution in [0.25, 0.3) is 0 Å². The molecule has 2 heteroatoms. The smallest absolute Gasteiger partial charge is 0.0475 e. The van der Waals surface area contributed by atoms with Crippen LogP contribution in [0.5, 0.6) is 0 Å². The number of hydrogen-bond acceptors (Lipinski definition) is 2. The number of rotatable bonds is 8. The van der Waals surface area contributed by atoms with Gasteiger partial charge in [-0.1, -0.05) is 57.5 Å². The highest BCUT2D eigenvalue weighted by Gasteiger charge is 2.22. The summed E-state index contributed by atoms with van der Waals surface area (Å²) in [5, 5.41) is 3.63. The molecule has 1 aromatic carbocycles. The van der Waals surface area contributed by atoms with Crippen LogP contribution in [0.1, 0.15) is 45.7 Å². The molecule has 2 nitrogen and oxygen atoms in total. The van der Waals surface area contributed by atoms with Crippen LogP contribution < -0.4 is 5.32 Å². The van der Waals surface area contributed by atoms with Crippen molar-refractivity contribution in [2.45, 2.75) is 46.2 Å². The zero-order valence-electron chi connectivity index (χ0n) is 13.2. The van der Waals surface area contributed by atoms with Crippen molar-refractivity contribution < 1.29 is 0 Å². The zero-order chi connectivity index (χ0) is 14.3. The van der Waals surface area contributed by atoms with E-state index in [9.17, 15) is 0 Å². The van der Waals surface area contributed by atoms with Crippen LogP contribution >= 0.6 is 0 Å². The fourth-order valence-corrected chi connectivity index (χ4v) is 2.49. The number of hydrogen-bond donors (Lipinski definition) is 1. The maximum atomic E-state index is 3.63. The highest BCUT2D eigenvalue weighted by molar-refractivity contribution is 5.20. The first-order valence-electron chi connectivity index (χ1n) is 7.58. The summed E-state index contributed by atoms with van der Waals surface area (Å²) in [5.74, 6) is 0.755. The standard InChI is InChI=1S/C17H30N2/c1-6-14(3)13-19(5)15(4)17(18-7-2)16-11-9-8-10-12-16/h8-12,14-15,17-18H,6-7,13H2,1-5H3. The quantitative estimate of drug-likeness (QED) is 0.768. The van der Waals surface area contributed by atoms with Crippen molar-refractivity contribution >= 4 is 0 Å². The predicted octanol–water partition coefficient (Wildman–Crippen LogP) is 3.70. The van der Waals surface area contributed by atoms with E-state index in [1.807, 2.05) is 0 Å². The predicted molar refractivity (Wildman–Crippen MR) is 84.4 cm³/mol. The van der Waals surface area contributed by atoms with Crippen molar-refractivity contribution in [2.75, 3.05) is 20.1 Å². The summed E-state index contributed by atoms with van der Waals surface area (Å²) in [7, 11) is 2.24. The second kappa shape index (κ2) is 8.34. The van der Waals surface area contributed by atoms with Gasteiger partial charge in [0.15, 0.2) is 0 Å². The lowest BCUT2D eigenvalue weighted by atomic mass is 9.98. The molecule has 0 amide bonds. The summed E-state index contributed by atoms with van der Waals surface area (Å²) in [5.41, 5.74) is 1.38. The minimum Gasteiger partial charge on any atom is -0.309 e. The molecule has 0 spiro atoms. The lowest BCUT2D eigenvalue weighted by Crippen LogP contribution is -2.42. The monoisotopic (exact) mass is 262 g/mol. The summed E-state index contributed by atoms with van der Waals surface area (Å²) in [6.07, 6.45) is 1.24. The Bertz CT molecular complexity index is 336. The minimum atomic E-state index is 0.403. The van der Waals surface area contributed by atoms with E-state index in [0.29, 0.717) is 12.1 Å². The molecule has 0 saturated carbocycles. The van der Waals surface area contributed by atoms with Gasteiger partial charge in [-0.3, -0.25) is 0 Å². The number of nitrogens with one attached hydrogen (secondary N) is 1. The molecule has 1 rings (SSSR count). The van der Waals surface area contributed by atoms with Crippen LogP contribution in [-0.2, 0) is 0 Å². The first-order valence-corrected chi connectivity index (χ1v) is 7.58. The molecule has 0 aliphatic rings. The maximum Gasteiger partial charge on any atom is 0.0475 e. The van der Waals surface area contributed by atoms with E-state index < -0.39 is 0 Å². The summed E-state index contributed by atoms with van der Waals surface area (Å²) in [4.78, 5) is 2.48. The van der Waals surface area contributed by atoms with Crippen molar-refractivity contribution in [3.63, 3.8) is 0 Å². The van der Waals surface area contributed by atoms with Gasteiger partial charge in [0.05, 0.1) is 0 Å². The summed E-state index contributed by atoms with van der Waals surface area (Å²) in [6, 6.07) is 11.7. The SMILES string of the molecule is CCNC(c1ccccc1)C(C)N(C)CC(C)CC. The molecule has 0 heterocycles. The van der Waals surface area contributed by atoms with E-state index in [2.05, 4.69) is 75.3 Å². The van der Waals surface area contributed by atoms with Crippen molar-refractivity contribution in [1.29, 1.82) is 0 Å². The summed E-state index contributed by atoms with van der Waals surface area (Å²) >= 11 is 0. The van der Waals surface area contributed by atoms with E-state index in [1.165, 1.54) is 12.0 Å². The fraction of sp³-hybridized carbons (Fsp3) is 0.647. The number of nitrogens with zero attached hydrogens (tertiary/aromatic N) is 1. The van der Waals surface area contributed by atoms with Crippen LogP contribution in [-0.4, -0.2) is 31.1 Å². The Morgan fingerprint density at radius 3 is 2.26 bits per heavy atom. The molecular weight excluding hydrogens is 232 g/mol. The maximum absolute atomic E-state index is 3.63. The number of likely N-dealkylation sites (N-methyl/N-ethyl adjacent to an activating group) is 2. The third-order valence-corrected chi connectivity index (χ3v) is 4.06. The molecule has 0 radical (unpaired) electrons. The normalized spacial score (nSPS) is 16.3. The lowest BCUT2D eigenvalue weighted by molar-refractivity contribution is 0.182. The van der Waals surface area contributed by atoms with E-state index in [4.69, 9.17) is 0 Å². The molecule has 0 saturated heterocycles. The first kappa shape index (κ1) is 16.2. The number of benzene rings is 1. The average molecular weight is 262 g/mol. The Morgan fingerprint density at radius 2 is 1.74 bits per heavy atom. The van der Waals surface area contributed by atoms with Gasteiger partial charge in [0.25, 0.3) is 0 Å². The Morgan fingerprint density at radius 1 is 1.11 bits per heavy atom. The van der Waals surface area contributed by atoms with Crippen molar-refractivity contribution in [2.24, 2.45) is 5.92 Å². The van der Waals surface area contributed by atoms with Gasteiger partial charge < -0.3 is 10.2 Å². The summed E-state index contributed by atoms with van der Waals surface area (Å²) < 4.78 is 0. The van der Waals surface area contributed by atoms with Gasteiger partial charge in [0.1, 0.15) is 0 Å². The van der Waals surface area contributed by atoms with Crippen LogP contribution in [0.3, 0.4) is 0 Å². The van der Waals surface area contributed by atoms with Crippen LogP contribution in [0.2, 0.25) is 0 Å². The van der Waals surface area contributed by atoms with Crippen LogP contribution in [0.4, 0.5) is 0 Å². The van der Waals surface area contributed by atoms with Gasteiger partial charge in [0.2, 0.25) is 0 Å². The van der Waals surface area contributed by atoms with Gasteiger partial charge in [-0.15, -0.1) is 0 Å². The van der Waals surface area contributed by atoms with Crippen molar-refractivity contribution in [1.82, 2.24) is 10.2 Å². The largest absolute Gasteiger partial charge is 0.309 e. The van der Waals surface area contributed by atoms with Gasteiger partial charge in [0, 0.05) is 18.6 Å². The third kappa shape index (κ3) is 4.96. The molecule has 1 N–H and O–H groups in total. The second-order valence-electron chi connectivity index (χ2n) is 5.64.